The minimum atomic E-state index is -0.272. The highest BCUT2D eigenvalue weighted by atomic mass is 35.5. The number of Topliss-reactive ketones (excluding diaryl/α,β-unsaturated/α-hetero) is 1. The highest BCUT2D eigenvalue weighted by molar-refractivity contribution is 5.96. The van der Waals surface area contributed by atoms with Crippen molar-refractivity contribution in [2.45, 2.75) is 71.3 Å². The van der Waals surface area contributed by atoms with Crippen LogP contribution in [-0.4, -0.2) is 53.2 Å². The van der Waals surface area contributed by atoms with Gasteiger partial charge in [0.2, 0.25) is 5.70 Å². The number of benzene rings is 2. The Kier molecular flexibility index (Phi) is 13.2. The number of allylic oxidation sites excluding steroid dienone is 3. The molecule has 0 spiro atoms. The van der Waals surface area contributed by atoms with E-state index in [0.29, 0.717) is 18.5 Å². The van der Waals surface area contributed by atoms with E-state index in [4.69, 9.17) is 0 Å². The number of halogens is 2. The molecule has 0 saturated carbocycles. The maximum atomic E-state index is 13.1. The van der Waals surface area contributed by atoms with Crippen molar-refractivity contribution in [3.63, 3.8) is 0 Å². The highest BCUT2D eigenvalue weighted by Gasteiger charge is 2.21. The van der Waals surface area contributed by atoms with Gasteiger partial charge in [-0.25, -0.2) is 0 Å². The predicted octanol–water partition coefficient (Wildman–Crippen LogP) is 7.39. The summed E-state index contributed by atoms with van der Waals surface area (Å²) >= 11 is 0. The van der Waals surface area contributed by atoms with Gasteiger partial charge in [0.05, 0.1) is 4.92 Å². The second-order valence-corrected chi connectivity index (χ2v) is 12.0. The number of nitrogens with zero attached hydrogens (tertiary/aromatic N) is 3. The maximum absolute atomic E-state index is 13.1. The molecule has 2 aromatic carbocycles. The average Bonchev–Trinajstić information content (AvgIpc) is 3.17. The van der Waals surface area contributed by atoms with Gasteiger partial charge in [-0.15, -0.1) is 24.8 Å². The first-order valence-corrected chi connectivity index (χ1v) is 15.1. The Bertz CT molecular complexity index is 1270. The number of rotatable bonds is 10. The summed E-state index contributed by atoms with van der Waals surface area (Å²) in [5.41, 5.74) is 7.82. The van der Waals surface area contributed by atoms with Crippen LogP contribution in [0.2, 0.25) is 0 Å². The van der Waals surface area contributed by atoms with Gasteiger partial charge >= 0.3 is 0 Å². The number of piperidine rings is 1. The zero-order valence-electron chi connectivity index (χ0n) is 24.8. The van der Waals surface area contributed by atoms with Crippen molar-refractivity contribution in [3.8, 4) is 0 Å². The smallest absolute Gasteiger partial charge is 0.246 e. The first kappa shape index (κ1) is 34.0. The zero-order valence-corrected chi connectivity index (χ0v) is 26.4. The molecular weight excluding hydrogens is 569 g/mol. The second-order valence-electron chi connectivity index (χ2n) is 12.0. The molecule has 1 saturated heterocycles. The van der Waals surface area contributed by atoms with Crippen LogP contribution in [0.3, 0.4) is 0 Å². The van der Waals surface area contributed by atoms with Crippen molar-refractivity contribution in [3.05, 3.63) is 104 Å². The minimum Gasteiger partial charge on any atom is -0.299 e. The molecule has 1 aliphatic carbocycles. The van der Waals surface area contributed by atoms with Crippen molar-refractivity contribution in [1.29, 1.82) is 0 Å². The summed E-state index contributed by atoms with van der Waals surface area (Å²) < 4.78 is 0. The van der Waals surface area contributed by atoms with Crippen molar-refractivity contribution in [2.75, 3.05) is 32.7 Å². The van der Waals surface area contributed by atoms with Crippen molar-refractivity contribution in [1.82, 2.24) is 9.80 Å². The fraction of sp³-hybridized carbons (Fsp3) is 0.500. The van der Waals surface area contributed by atoms with E-state index in [9.17, 15) is 14.9 Å². The molecule has 8 heteroatoms. The summed E-state index contributed by atoms with van der Waals surface area (Å²) in [6, 6.07) is 15.2. The summed E-state index contributed by atoms with van der Waals surface area (Å²) in [7, 11) is 0. The van der Waals surface area contributed by atoms with Gasteiger partial charge in [0, 0.05) is 50.7 Å². The fourth-order valence-electron chi connectivity index (χ4n) is 6.42. The van der Waals surface area contributed by atoms with Crippen LogP contribution in [0.5, 0.6) is 0 Å². The number of hydrogen-bond donors (Lipinski definition) is 0. The first-order valence-electron chi connectivity index (χ1n) is 15.1. The molecule has 228 valence electrons. The Morgan fingerprint density at radius 3 is 2.21 bits per heavy atom. The van der Waals surface area contributed by atoms with E-state index >= 15 is 0 Å². The molecule has 0 aromatic heterocycles. The number of carbonyl (C=O) groups excluding carboxylic acids is 1. The van der Waals surface area contributed by atoms with Gasteiger partial charge in [0.15, 0.2) is 5.78 Å². The van der Waals surface area contributed by atoms with E-state index < -0.39 is 0 Å². The minimum absolute atomic E-state index is 0. The van der Waals surface area contributed by atoms with Crippen molar-refractivity contribution in [2.24, 2.45) is 5.92 Å². The number of carbonyl (C=O) groups is 1. The van der Waals surface area contributed by atoms with Gasteiger partial charge in [-0.2, -0.15) is 0 Å². The number of nitro groups is 1. The summed E-state index contributed by atoms with van der Waals surface area (Å²) in [5.74, 6) is 1.02. The van der Waals surface area contributed by atoms with Gasteiger partial charge in [-0.3, -0.25) is 24.7 Å². The van der Waals surface area contributed by atoms with Crippen LogP contribution in [0.4, 0.5) is 0 Å². The fourth-order valence-corrected chi connectivity index (χ4v) is 6.42. The Balaban J connectivity index is 0.00000242. The molecule has 0 bridgehead atoms. The molecule has 3 aliphatic rings. The highest BCUT2D eigenvalue weighted by Crippen LogP contribution is 2.26. The molecule has 2 aliphatic heterocycles. The molecule has 0 atom stereocenters. The summed E-state index contributed by atoms with van der Waals surface area (Å²) in [6.07, 6.45) is 12.1. The Morgan fingerprint density at radius 2 is 1.55 bits per heavy atom. The normalized spacial score (nSPS) is 18.0. The molecule has 6 nitrogen and oxygen atoms in total. The number of ketones is 1. The van der Waals surface area contributed by atoms with E-state index in [2.05, 4.69) is 53.1 Å². The molecule has 0 unspecified atom stereocenters. The Morgan fingerprint density at radius 1 is 0.857 bits per heavy atom. The van der Waals surface area contributed by atoms with E-state index in [-0.39, 0.29) is 35.5 Å². The van der Waals surface area contributed by atoms with Crippen molar-refractivity contribution >= 4 is 30.6 Å². The molecule has 0 amide bonds. The quantitative estimate of drug-likeness (QED) is 0.159. The number of fused-ring (bicyclic) bond motifs is 1. The first-order chi connectivity index (χ1) is 19.4. The number of hydrogen-bond acceptors (Lipinski definition) is 5. The van der Waals surface area contributed by atoms with Crippen LogP contribution in [0.1, 0.15) is 77.6 Å². The molecule has 0 radical (unpaired) electrons. The predicted molar refractivity (Wildman–Crippen MR) is 175 cm³/mol. The molecule has 42 heavy (non-hydrogen) atoms. The molecule has 2 aromatic rings. The lowest BCUT2D eigenvalue weighted by Gasteiger charge is -2.32. The molecule has 1 fully saturated rings. The van der Waals surface area contributed by atoms with Crippen LogP contribution in [0, 0.1) is 23.0 Å². The lowest BCUT2D eigenvalue weighted by atomic mass is 9.90. The van der Waals surface area contributed by atoms with Crippen LogP contribution in [0.15, 0.2) is 65.9 Å². The summed E-state index contributed by atoms with van der Waals surface area (Å²) in [6.45, 7) is 8.29. The molecule has 2 heterocycles. The molecule has 0 N–H and O–H groups in total. The topological polar surface area (TPSA) is 66.7 Å². The Labute approximate surface area is 263 Å². The van der Waals surface area contributed by atoms with E-state index in [1.165, 1.54) is 40.7 Å². The van der Waals surface area contributed by atoms with Gasteiger partial charge in [0.25, 0.3) is 0 Å². The zero-order chi connectivity index (χ0) is 27.9. The van der Waals surface area contributed by atoms with E-state index in [1.54, 1.807) is 6.08 Å². The van der Waals surface area contributed by atoms with E-state index in [1.807, 2.05) is 12.1 Å². The standard InChI is InChI=1S/C34H43N3O3.2ClH/c1-26-5-7-28(8-6-26)24-35-19-15-27(16-20-35)3-2-4-34(38)32-12-11-30-17-21-36(22-18-31(30)23-32)25-29-9-13-33(14-10-29)37(39)40;;/h5-9,11-13,23,27H,2-4,10,14-22,24-25H2,1H3;2*1H. The van der Waals surface area contributed by atoms with Gasteiger partial charge in [-0.1, -0.05) is 53.6 Å². The van der Waals surface area contributed by atoms with E-state index in [0.717, 1.165) is 82.9 Å². The second kappa shape index (κ2) is 16.4. The van der Waals surface area contributed by atoms with Gasteiger partial charge in [0.1, 0.15) is 0 Å². The van der Waals surface area contributed by atoms with Gasteiger partial charge < -0.3 is 0 Å². The molecule has 5 rings (SSSR count). The monoisotopic (exact) mass is 613 g/mol. The third-order valence-corrected chi connectivity index (χ3v) is 9.05. The SMILES string of the molecule is Cc1ccc(CN2CCC(CCCC(=O)c3ccc4c(c3)CCN(CC3=CC=C([N+](=O)[O-])CC3)CC4)CC2)cc1.Cl.Cl. The lowest BCUT2D eigenvalue weighted by molar-refractivity contribution is -0.428. The Hall–Kier alpha value is -2.51. The largest absolute Gasteiger partial charge is 0.299 e. The molecular formula is C34H45Cl2N3O3. The lowest BCUT2D eigenvalue weighted by Crippen LogP contribution is -2.33. The van der Waals surface area contributed by atoms with Crippen LogP contribution < -0.4 is 0 Å². The van der Waals surface area contributed by atoms with Crippen molar-refractivity contribution < 1.29 is 9.72 Å². The summed E-state index contributed by atoms with van der Waals surface area (Å²) in [4.78, 5) is 28.8. The summed E-state index contributed by atoms with van der Waals surface area (Å²) in [5, 5.41) is 11.0. The maximum Gasteiger partial charge on any atom is 0.246 e. The number of aryl methyl sites for hydroxylation is 1. The number of likely N-dealkylation sites (tertiary alicyclic amines) is 1. The van der Waals surface area contributed by atoms with Gasteiger partial charge in [-0.05, 0) is 93.6 Å². The van der Waals surface area contributed by atoms with Crippen LogP contribution in [0.25, 0.3) is 0 Å². The third kappa shape index (κ3) is 9.50. The van der Waals surface area contributed by atoms with Crippen LogP contribution >= 0.6 is 24.8 Å². The van der Waals surface area contributed by atoms with Crippen LogP contribution in [-0.2, 0) is 19.4 Å². The third-order valence-electron chi connectivity index (χ3n) is 9.05. The average molecular weight is 615 g/mol.